The molecule has 0 aromatic heterocycles. The van der Waals surface area contributed by atoms with Gasteiger partial charge < -0.3 is 14.8 Å². The van der Waals surface area contributed by atoms with Crippen LogP contribution in [0.1, 0.15) is 12.5 Å². The molecule has 0 aliphatic carbocycles. The fourth-order valence-electron chi connectivity index (χ4n) is 1.89. The number of carbonyl (C=O) groups excluding carboxylic acids is 2. The first-order chi connectivity index (χ1) is 10.7. The molecule has 2 amide bonds. The van der Waals surface area contributed by atoms with E-state index in [4.69, 9.17) is 9.47 Å². The third-order valence-corrected chi connectivity index (χ3v) is 2.98. The van der Waals surface area contributed by atoms with Crippen molar-refractivity contribution < 1.29 is 19.1 Å². The van der Waals surface area contributed by atoms with E-state index < -0.39 is 0 Å². The van der Waals surface area contributed by atoms with E-state index in [1.807, 2.05) is 31.2 Å². The number of hydrogen-bond acceptors (Lipinski definition) is 4. The highest BCUT2D eigenvalue weighted by Crippen LogP contribution is 2.18. The summed E-state index contributed by atoms with van der Waals surface area (Å²) in [6, 6.07) is 7.31. The van der Waals surface area contributed by atoms with Gasteiger partial charge in [0, 0.05) is 17.9 Å². The summed E-state index contributed by atoms with van der Waals surface area (Å²) in [5.74, 6) is 5.63. The van der Waals surface area contributed by atoms with Crippen molar-refractivity contribution in [3.8, 4) is 11.8 Å². The van der Waals surface area contributed by atoms with Gasteiger partial charge in [0.1, 0.15) is 13.2 Å². The van der Waals surface area contributed by atoms with E-state index in [0.717, 1.165) is 11.3 Å². The minimum Gasteiger partial charge on any atom is -0.447 e. The van der Waals surface area contributed by atoms with Crippen LogP contribution >= 0.6 is 0 Å². The number of nitrogens with zero attached hydrogens (tertiary/aromatic N) is 1. The Balaban J connectivity index is 1.83. The zero-order valence-corrected chi connectivity index (χ0v) is 12.4. The Morgan fingerprint density at radius 3 is 2.82 bits per heavy atom. The molecule has 22 heavy (non-hydrogen) atoms. The predicted octanol–water partition coefficient (Wildman–Crippen LogP) is 1.15. The third-order valence-electron chi connectivity index (χ3n) is 2.98. The quantitative estimate of drug-likeness (QED) is 0.829. The second kappa shape index (κ2) is 8.05. The van der Waals surface area contributed by atoms with Crippen molar-refractivity contribution in [1.29, 1.82) is 0 Å². The molecule has 0 radical (unpaired) electrons. The zero-order chi connectivity index (χ0) is 15.8. The van der Waals surface area contributed by atoms with Gasteiger partial charge in [0.15, 0.2) is 0 Å². The maximum atomic E-state index is 11.4. The number of hydrogen-bond donors (Lipinski definition) is 1. The van der Waals surface area contributed by atoms with Crippen LogP contribution in [-0.2, 0) is 14.3 Å². The fourth-order valence-corrected chi connectivity index (χ4v) is 1.89. The molecular weight excluding hydrogens is 284 g/mol. The molecule has 1 saturated heterocycles. The SMILES string of the molecule is CCOCC(=O)NCC#Cc1ccc(N2CCOC2=O)cc1. The van der Waals surface area contributed by atoms with Crippen LogP contribution in [0.4, 0.5) is 10.5 Å². The maximum Gasteiger partial charge on any atom is 0.414 e. The molecule has 6 nitrogen and oxygen atoms in total. The molecule has 0 saturated carbocycles. The lowest BCUT2D eigenvalue weighted by molar-refractivity contribution is -0.125. The van der Waals surface area contributed by atoms with Crippen molar-refractivity contribution >= 4 is 17.7 Å². The number of carbonyl (C=O) groups is 2. The van der Waals surface area contributed by atoms with Gasteiger partial charge in [-0.2, -0.15) is 0 Å². The van der Waals surface area contributed by atoms with Gasteiger partial charge in [0.2, 0.25) is 5.91 Å². The first-order valence-corrected chi connectivity index (χ1v) is 7.08. The van der Waals surface area contributed by atoms with Gasteiger partial charge in [-0.25, -0.2) is 4.79 Å². The Hall–Kier alpha value is -2.52. The van der Waals surface area contributed by atoms with Crippen LogP contribution in [0.25, 0.3) is 0 Å². The van der Waals surface area contributed by atoms with Crippen molar-refractivity contribution in [1.82, 2.24) is 5.32 Å². The van der Waals surface area contributed by atoms with Gasteiger partial charge in [-0.05, 0) is 31.2 Å². The number of anilines is 1. The molecule has 0 unspecified atom stereocenters. The molecule has 1 aromatic rings. The maximum absolute atomic E-state index is 11.4. The summed E-state index contributed by atoms with van der Waals surface area (Å²) in [5, 5.41) is 2.64. The summed E-state index contributed by atoms with van der Waals surface area (Å²) in [6.07, 6.45) is -0.323. The molecule has 1 N–H and O–H groups in total. The summed E-state index contributed by atoms with van der Waals surface area (Å²) in [6.45, 7) is 3.65. The second-order valence-electron chi connectivity index (χ2n) is 4.53. The Kier molecular flexibility index (Phi) is 5.81. The molecule has 116 valence electrons. The Morgan fingerprint density at radius 1 is 1.41 bits per heavy atom. The Labute approximate surface area is 129 Å². The van der Waals surface area contributed by atoms with E-state index in [9.17, 15) is 9.59 Å². The Morgan fingerprint density at radius 2 is 2.18 bits per heavy atom. The van der Waals surface area contributed by atoms with Crippen LogP contribution in [0.5, 0.6) is 0 Å². The Bertz CT molecular complexity index is 586. The van der Waals surface area contributed by atoms with Crippen LogP contribution < -0.4 is 10.2 Å². The molecule has 1 aliphatic rings. The lowest BCUT2D eigenvalue weighted by Crippen LogP contribution is -2.27. The van der Waals surface area contributed by atoms with Crippen molar-refractivity contribution in [2.24, 2.45) is 0 Å². The van der Waals surface area contributed by atoms with Gasteiger partial charge in [-0.3, -0.25) is 9.69 Å². The molecule has 6 heteroatoms. The van der Waals surface area contributed by atoms with Crippen molar-refractivity contribution in [2.45, 2.75) is 6.92 Å². The van der Waals surface area contributed by atoms with Crippen LogP contribution in [0, 0.1) is 11.8 Å². The van der Waals surface area contributed by atoms with Crippen molar-refractivity contribution in [3.63, 3.8) is 0 Å². The second-order valence-corrected chi connectivity index (χ2v) is 4.53. The van der Waals surface area contributed by atoms with E-state index in [2.05, 4.69) is 17.2 Å². The molecule has 0 spiro atoms. The number of benzene rings is 1. The lowest BCUT2D eigenvalue weighted by Gasteiger charge is -2.11. The number of nitrogens with one attached hydrogen (secondary N) is 1. The normalized spacial score (nSPS) is 13.3. The standard InChI is InChI=1S/C16H18N2O4/c1-2-21-12-15(19)17-9-3-4-13-5-7-14(8-6-13)18-10-11-22-16(18)20/h5-8H,2,9-12H2,1H3,(H,17,19). The van der Waals surface area contributed by atoms with Crippen LogP contribution in [-0.4, -0.2) is 44.9 Å². The average Bonchev–Trinajstić information content (AvgIpc) is 2.96. The minimum absolute atomic E-state index is 0.0544. The van der Waals surface area contributed by atoms with Gasteiger partial charge in [-0.1, -0.05) is 11.8 Å². The van der Waals surface area contributed by atoms with Gasteiger partial charge in [0.25, 0.3) is 0 Å². The van der Waals surface area contributed by atoms with E-state index >= 15 is 0 Å². The number of cyclic esters (lactones) is 1. The number of rotatable bonds is 5. The molecule has 1 fully saturated rings. The van der Waals surface area contributed by atoms with Gasteiger partial charge >= 0.3 is 6.09 Å². The molecule has 0 bridgehead atoms. The van der Waals surface area contributed by atoms with Crippen LogP contribution in [0.3, 0.4) is 0 Å². The largest absolute Gasteiger partial charge is 0.447 e. The molecule has 0 atom stereocenters. The van der Waals surface area contributed by atoms with E-state index in [1.54, 1.807) is 4.90 Å². The summed E-state index contributed by atoms with van der Waals surface area (Å²) in [7, 11) is 0. The smallest absolute Gasteiger partial charge is 0.414 e. The summed E-state index contributed by atoms with van der Waals surface area (Å²) < 4.78 is 9.87. The third kappa shape index (κ3) is 4.50. The highest BCUT2D eigenvalue weighted by molar-refractivity contribution is 5.89. The lowest BCUT2D eigenvalue weighted by atomic mass is 10.2. The fraction of sp³-hybridized carbons (Fsp3) is 0.375. The summed E-state index contributed by atoms with van der Waals surface area (Å²) >= 11 is 0. The van der Waals surface area contributed by atoms with Crippen LogP contribution in [0.15, 0.2) is 24.3 Å². The topological polar surface area (TPSA) is 67.9 Å². The van der Waals surface area contributed by atoms with E-state index in [-0.39, 0.29) is 25.2 Å². The van der Waals surface area contributed by atoms with Gasteiger partial charge in [0.05, 0.1) is 13.1 Å². The zero-order valence-electron chi connectivity index (χ0n) is 12.4. The molecule has 1 aliphatic heterocycles. The molecule has 1 heterocycles. The first-order valence-electron chi connectivity index (χ1n) is 7.08. The molecular formula is C16H18N2O4. The monoisotopic (exact) mass is 302 g/mol. The summed E-state index contributed by atoms with van der Waals surface area (Å²) in [5.41, 5.74) is 1.61. The average molecular weight is 302 g/mol. The highest BCUT2D eigenvalue weighted by atomic mass is 16.6. The molecule has 2 rings (SSSR count). The summed E-state index contributed by atoms with van der Waals surface area (Å²) in [4.78, 5) is 24.3. The van der Waals surface area contributed by atoms with Crippen molar-refractivity contribution in [2.75, 3.05) is 37.8 Å². The highest BCUT2D eigenvalue weighted by Gasteiger charge is 2.22. The minimum atomic E-state index is -0.323. The number of amides is 2. The van der Waals surface area contributed by atoms with Crippen LogP contribution in [0.2, 0.25) is 0 Å². The number of ether oxygens (including phenoxy) is 2. The van der Waals surface area contributed by atoms with Crippen molar-refractivity contribution in [3.05, 3.63) is 29.8 Å². The van der Waals surface area contributed by atoms with E-state index in [1.165, 1.54) is 0 Å². The van der Waals surface area contributed by atoms with Gasteiger partial charge in [-0.15, -0.1) is 0 Å². The van der Waals surface area contributed by atoms with E-state index in [0.29, 0.717) is 19.8 Å². The predicted molar refractivity (Wildman–Crippen MR) is 81.5 cm³/mol. The first kappa shape index (κ1) is 15.9. The molecule has 1 aromatic carbocycles.